The van der Waals surface area contributed by atoms with E-state index in [1.54, 1.807) is 13.3 Å². The van der Waals surface area contributed by atoms with E-state index in [0.29, 0.717) is 19.0 Å². The second kappa shape index (κ2) is 13.8. The van der Waals surface area contributed by atoms with Gasteiger partial charge in [-0.2, -0.15) is 0 Å². The molecule has 1 heterocycles. The highest BCUT2D eigenvalue weighted by Gasteiger charge is 2.03. The van der Waals surface area contributed by atoms with Crippen LogP contribution in [0.15, 0.2) is 53.7 Å². The fourth-order valence-corrected chi connectivity index (χ4v) is 2.35. The number of guanidine groups is 1. The summed E-state index contributed by atoms with van der Waals surface area (Å²) in [6.45, 7) is 3.93. The number of carbonyl (C=O) groups is 1. The van der Waals surface area contributed by atoms with Gasteiger partial charge in [-0.05, 0) is 36.8 Å². The van der Waals surface area contributed by atoms with Crippen molar-refractivity contribution < 1.29 is 9.53 Å². The first-order chi connectivity index (χ1) is 13.2. The summed E-state index contributed by atoms with van der Waals surface area (Å²) in [6, 6.07) is 13.4. The first kappa shape index (κ1) is 23.7. The molecule has 0 atom stereocenters. The average Bonchev–Trinajstić information content (AvgIpc) is 2.71. The lowest BCUT2D eigenvalue weighted by atomic mass is 10.2. The molecule has 0 aliphatic carbocycles. The average molecular weight is 497 g/mol. The molecular formula is C20H28IN5O2. The summed E-state index contributed by atoms with van der Waals surface area (Å²) in [4.78, 5) is 20.6. The van der Waals surface area contributed by atoms with E-state index in [1.807, 2.05) is 49.4 Å². The monoisotopic (exact) mass is 497 g/mol. The highest BCUT2D eigenvalue weighted by Crippen LogP contribution is 2.10. The van der Waals surface area contributed by atoms with Crippen molar-refractivity contribution in [2.24, 2.45) is 4.99 Å². The molecule has 3 N–H and O–H groups in total. The highest BCUT2D eigenvalue weighted by atomic mass is 127. The van der Waals surface area contributed by atoms with E-state index in [2.05, 4.69) is 25.9 Å². The molecule has 1 aromatic carbocycles. The van der Waals surface area contributed by atoms with Crippen LogP contribution in [0.4, 0.5) is 0 Å². The van der Waals surface area contributed by atoms with Gasteiger partial charge in [-0.15, -0.1) is 24.0 Å². The van der Waals surface area contributed by atoms with Crippen LogP contribution in [0.3, 0.4) is 0 Å². The van der Waals surface area contributed by atoms with E-state index < -0.39 is 0 Å². The molecule has 0 saturated heterocycles. The number of nitrogens with zero attached hydrogens (tertiary/aromatic N) is 2. The first-order valence-electron chi connectivity index (χ1n) is 9.03. The minimum atomic E-state index is -0.132. The summed E-state index contributed by atoms with van der Waals surface area (Å²) in [5.74, 6) is 1.28. The predicted molar refractivity (Wildman–Crippen MR) is 122 cm³/mol. The smallest absolute Gasteiger partial charge is 0.242 e. The third-order valence-electron chi connectivity index (χ3n) is 3.77. The number of benzene rings is 1. The van der Waals surface area contributed by atoms with E-state index in [4.69, 9.17) is 4.74 Å². The lowest BCUT2D eigenvalue weighted by Crippen LogP contribution is -2.39. The van der Waals surface area contributed by atoms with Crippen LogP contribution in [0.25, 0.3) is 0 Å². The molecule has 0 unspecified atom stereocenters. The van der Waals surface area contributed by atoms with Gasteiger partial charge in [0.2, 0.25) is 5.91 Å². The van der Waals surface area contributed by atoms with Crippen LogP contribution in [-0.4, -0.2) is 43.6 Å². The zero-order valence-electron chi connectivity index (χ0n) is 16.3. The largest absolute Gasteiger partial charge is 0.497 e. The van der Waals surface area contributed by atoms with Crippen molar-refractivity contribution in [1.29, 1.82) is 0 Å². The molecule has 0 saturated carbocycles. The van der Waals surface area contributed by atoms with Gasteiger partial charge in [0.25, 0.3) is 0 Å². The molecule has 0 radical (unpaired) electrons. The fraction of sp³-hybridized carbons (Fsp3) is 0.350. The van der Waals surface area contributed by atoms with Gasteiger partial charge >= 0.3 is 0 Å². The molecule has 1 amide bonds. The van der Waals surface area contributed by atoms with Crippen LogP contribution < -0.4 is 20.7 Å². The zero-order valence-corrected chi connectivity index (χ0v) is 18.6. The van der Waals surface area contributed by atoms with Crippen LogP contribution in [0.1, 0.15) is 18.2 Å². The molecule has 7 nitrogen and oxygen atoms in total. The molecular weight excluding hydrogens is 469 g/mol. The van der Waals surface area contributed by atoms with Crippen LogP contribution in [-0.2, 0) is 17.8 Å². The van der Waals surface area contributed by atoms with Crippen molar-refractivity contribution >= 4 is 35.8 Å². The predicted octanol–water partition coefficient (Wildman–Crippen LogP) is 2.12. The van der Waals surface area contributed by atoms with Crippen molar-refractivity contribution in [2.75, 3.05) is 26.7 Å². The fourth-order valence-electron chi connectivity index (χ4n) is 2.35. The maximum Gasteiger partial charge on any atom is 0.242 e. The lowest BCUT2D eigenvalue weighted by Gasteiger charge is -2.11. The normalized spacial score (nSPS) is 10.6. The number of amides is 1. The summed E-state index contributed by atoms with van der Waals surface area (Å²) < 4.78 is 5.12. The maximum absolute atomic E-state index is 12.0. The number of aromatic nitrogens is 1. The molecule has 1 aromatic heterocycles. The quantitative estimate of drug-likeness (QED) is 0.281. The molecule has 8 heteroatoms. The van der Waals surface area contributed by atoms with Crippen molar-refractivity contribution in [1.82, 2.24) is 20.9 Å². The molecule has 0 aliphatic rings. The number of ether oxygens (including phenoxy) is 1. The minimum absolute atomic E-state index is 0. The summed E-state index contributed by atoms with van der Waals surface area (Å²) >= 11 is 0. The number of nitrogens with one attached hydrogen (secondary N) is 3. The van der Waals surface area contributed by atoms with Crippen molar-refractivity contribution in [3.05, 3.63) is 59.9 Å². The molecule has 0 bridgehead atoms. The van der Waals surface area contributed by atoms with Gasteiger partial charge in [-0.3, -0.25) is 9.78 Å². The van der Waals surface area contributed by atoms with Gasteiger partial charge in [-0.25, -0.2) is 4.99 Å². The van der Waals surface area contributed by atoms with Gasteiger partial charge in [0, 0.05) is 37.9 Å². The van der Waals surface area contributed by atoms with E-state index in [-0.39, 0.29) is 36.4 Å². The Labute approximate surface area is 183 Å². The van der Waals surface area contributed by atoms with Crippen molar-refractivity contribution in [3.63, 3.8) is 0 Å². The topological polar surface area (TPSA) is 87.6 Å². The van der Waals surface area contributed by atoms with Gasteiger partial charge in [0.1, 0.15) is 12.3 Å². The Hall–Kier alpha value is -2.36. The van der Waals surface area contributed by atoms with Crippen LogP contribution in [0.5, 0.6) is 5.75 Å². The van der Waals surface area contributed by atoms with Gasteiger partial charge < -0.3 is 20.7 Å². The Kier molecular flexibility index (Phi) is 11.6. The van der Waals surface area contributed by atoms with E-state index >= 15 is 0 Å². The third-order valence-corrected chi connectivity index (χ3v) is 3.77. The summed E-state index contributed by atoms with van der Waals surface area (Å²) in [6.07, 6.45) is 2.57. The number of rotatable bonds is 9. The number of halogens is 1. The standard InChI is InChI=1S/C20H27N5O2.HI/c1-3-21-20(23-13-11-17-6-4-5-12-22-17)25-15-19(26)24-14-16-7-9-18(27-2)10-8-16;/h4-10,12H,3,11,13-15H2,1-2H3,(H,24,26)(H2,21,23,25);1H. The Balaban J connectivity index is 0.00000392. The number of pyridine rings is 1. The molecule has 0 aliphatic heterocycles. The second-order valence-corrected chi connectivity index (χ2v) is 5.82. The molecule has 2 aromatic rings. The molecule has 152 valence electrons. The Bertz CT molecular complexity index is 723. The molecule has 0 spiro atoms. The summed E-state index contributed by atoms with van der Waals surface area (Å²) in [7, 11) is 1.63. The molecule has 28 heavy (non-hydrogen) atoms. The zero-order chi connectivity index (χ0) is 19.3. The van der Waals surface area contributed by atoms with E-state index in [9.17, 15) is 4.79 Å². The third kappa shape index (κ3) is 9.03. The Morgan fingerprint density at radius 1 is 1.11 bits per heavy atom. The van der Waals surface area contributed by atoms with E-state index in [0.717, 1.165) is 30.0 Å². The minimum Gasteiger partial charge on any atom is -0.497 e. The lowest BCUT2D eigenvalue weighted by molar-refractivity contribution is -0.119. The summed E-state index contributed by atoms with van der Waals surface area (Å²) in [5, 5.41) is 9.21. The van der Waals surface area contributed by atoms with Gasteiger partial charge in [-0.1, -0.05) is 18.2 Å². The van der Waals surface area contributed by atoms with Gasteiger partial charge in [0.05, 0.1) is 7.11 Å². The van der Waals surface area contributed by atoms with Gasteiger partial charge in [0.15, 0.2) is 5.96 Å². The highest BCUT2D eigenvalue weighted by molar-refractivity contribution is 14.0. The number of carbonyl (C=O) groups excluding carboxylic acids is 1. The van der Waals surface area contributed by atoms with Crippen LogP contribution in [0.2, 0.25) is 0 Å². The Morgan fingerprint density at radius 3 is 2.54 bits per heavy atom. The number of hydrogen-bond acceptors (Lipinski definition) is 4. The summed E-state index contributed by atoms with van der Waals surface area (Å²) in [5.41, 5.74) is 2.02. The van der Waals surface area contributed by atoms with Crippen molar-refractivity contribution in [2.45, 2.75) is 19.9 Å². The Morgan fingerprint density at radius 2 is 1.89 bits per heavy atom. The molecule has 2 rings (SSSR count). The van der Waals surface area contributed by atoms with E-state index in [1.165, 1.54) is 0 Å². The van der Waals surface area contributed by atoms with Crippen LogP contribution >= 0.6 is 24.0 Å². The first-order valence-corrected chi connectivity index (χ1v) is 9.03. The van der Waals surface area contributed by atoms with Crippen LogP contribution in [0, 0.1) is 0 Å². The second-order valence-electron chi connectivity index (χ2n) is 5.82. The maximum atomic E-state index is 12.0. The SMILES string of the molecule is CCNC(=NCC(=O)NCc1ccc(OC)cc1)NCCc1ccccn1.I. The van der Waals surface area contributed by atoms with Crippen molar-refractivity contribution in [3.8, 4) is 5.75 Å². The number of hydrogen-bond donors (Lipinski definition) is 3. The number of aliphatic imine (C=N–C) groups is 1. The molecule has 0 fully saturated rings. The number of methoxy groups -OCH3 is 1.